The molecule has 5 atom stereocenters. The number of aryl methyl sites for hydroxylation is 2. The van der Waals surface area contributed by atoms with Crippen molar-refractivity contribution in [1.29, 1.82) is 0 Å². The SMILES string of the molecule is COc1ccc2c(O[C@@H]3C[C@H]4C(=O)N[C@]5(C(=O)NS(=O)(=O)C6CC6)C[C@H]5/C=C\CCCCC[C@H](NC(=O)c5ccn(C)n5)C(=O)N4C3)cc(OC(C)C)nc2c1C. The molecule has 0 unspecified atom stereocenters. The minimum Gasteiger partial charge on any atom is -0.496 e. The smallest absolute Gasteiger partial charge is 0.272 e. The van der Waals surface area contributed by atoms with Crippen LogP contribution >= 0.6 is 0 Å². The third-order valence-electron chi connectivity index (χ3n) is 11.1. The Bertz CT molecular complexity index is 2200. The molecule has 4 amide bonds. The summed E-state index contributed by atoms with van der Waals surface area (Å²) in [6, 6.07) is 4.76. The second-order valence-electron chi connectivity index (χ2n) is 15.8. The van der Waals surface area contributed by atoms with Crippen molar-refractivity contribution in [2.75, 3.05) is 13.7 Å². The van der Waals surface area contributed by atoms with Crippen molar-refractivity contribution in [2.24, 2.45) is 13.0 Å². The van der Waals surface area contributed by atoms with E-state index in [9.17, 15) is 27.6 Å². The number of hydrogen-bond donors (Lipinski definition) is 3. The van der Waals surface area contributed by atoms with Gasteiger partial charge in [0.2, 0.25) is 27.7 Å². The van der Waals surface area contributed by atoms with E-state index in [1.807, 2.05) is 45.1 Å². The lowest BCUT2D eigenvalue weighted by Gasteiger charge is -2.29. The summed E-state index contributed by atoms with van der Waals surface area (Å²) < 4.78 is 47.7. The molecule has 2 saturated carbocycles. The maximum absolute atomic E-state index is 14.7. The number of allylic oxidation sites excluding steroid dienone is 1. The van der Waals surface area contributed by atoms with Crippen LogP contribution in [0.4, 0.5) is 0 Å². The lowest BCUT2D eigenvalue weighted by atomic mass is 10.0. The van der Waals surface area contributed by atoms with Crippen molar-refractivity contribution in [3.63, 3.8) is 0 Å². The maximum Gasteiger partial charge on any atom is 0.272 e. The van der Waals surface area contributed by atoms with Gasteiger partial charge in [0.1, 0.15) is 40.9 Å². The van der Waals surface area contributed by atoms with E-state index in [1.165, 1.54) is 9.58 Å². The first-order chi connectivity index (χ1) is 27.2. The third-order valence-corrected chi connectivity index (χ3v) is 12.9. The van der Waals surface area contributed by atoms with Gasteiger partial charge in [-0.2, -0.15) is 5.10 Å². The number of aromatic nitrogens is 3. The Labute approximate surface area is 332 Å². The number of benzene rings is 1. The van der Waals surface area contributed by atoms with Crippen LogP contribution < -0.4 is 29.6 Å². The van der Waals surface area contributed by atoms with Crippen LogP contribution in [0.15, 0.2) is 42.6 Å². The van der Waals surface area contributed by atoms with E-state index < -0.39 is 68.5 Å². The summed E-state index contributed by atoms with van der Waals surface area (Å²) in [4.78, 5) is 62.6. The Balaban J connectivity index is 1.23. The van der Waals surface area contributed by atoms with Gasteiger partial charge < -0.3 is 29.7 Å². The third kappa shape index (κ3) is 8.58. The fraction of sp³-hybridized carbons (Fsp3) is 0.550. The number of methoxy groups -OCH3 is 1. The van der Waals surface area contributed by atoms with Gasteiger partial charge in [-0.25, -0.2) is 13.4 Å². The minimum absolute atomic E-state index is 0.0230. The molecule has 3 N–H and O–H groups in total. The van der Waals surface area contributed by atoms with Gasteiger partial charge in [0.05, 0.1) is 30.5 Å². The van der Waals surface area contributed by atoms with Crippen LogP contribution in [0.5, 0.6) is 17.4 Å². The van der Waals surface area contributed by atoms with Gasteiger partial charge in [-0.05, 0) is 77.5 Å². The zero-order valence-corrected chi connectivity index (χ0v) is 33.8. The Morgan fingerprint density at radius 2 is 1.86 bits per heavy atom. The summed E-state index contributed by atoms with van der Waals surface area (Å²) in [5.74, 6) is -1.48. The predicted molar refractivity (Wildman–Crippen MR) is 209 cm³/mol. The number of fused-ring (bicyclic) bond motifs is 3. The molecule has 2 aliphatic heterocycles. The molecule has 16 nitrogen and oxygen atoms in total. The fourth-order valence-corrected chi connectivity index (χ4v) is 9.14. The first-order valence-corrected chi connectivity index (χ1v) is 21.2. The molecule has 0 spiro atoms. The van der Waals surface area contributed by atoms with E-state index >= 15 is 0 Å². The first kappa shape index (κ1) is 40.0. The largest absolute Gasteiger partial charge is 0.496 e. The Morgan fingerprint density at radius 1 is 1.07 bits per heavy atom. The van der Waals surface area contributed by atoms with Gasteiger partial charge in [0.25, 0.3) is 11.8 Å². The summed E-state index contributed by atoms with van der Waals surface area (Å²) in [5.41, 5.74) is 0.00247. The van der Waals surface area contributed by atoms with Crippen LogP contribution in [0.3, 0.4) is 0 Å². The molecule has 2 aromatic heterocycles. The number of sulfonamides is 1. The van der Waals surface area contributed by atoms with Gasteiger partial charge >= 0.3 is 0 Å². The Kier molecular flexibility index (Phi) is 11.2. The molecule has 0 radical (unpaired) electrons. The van der Waals surface area contributed by atoms with E-state index in [2.05, 4.69) is 20.5 Å². The van der Waals surface area contributed by atoms with Crippen molar-refractivity contribution in [3.05, 3.63) is 53.9 Å². The predicted octanol–water partition coefficient (Wildman–Crippen LogP) is 3.22. The number of hydrogen-bond acceptors (Lipinski definition) is 11. The summed E-state index contributed by atoms with van der Waals surface area (Å²) in [7, 11) is -0.641. The quantitative estimate of drug-likeness (QED) is 0.254. The maximum atomic E-state index is 14.7. The number of amides is 4. The fourth-order valence-electron chi connectivity index (χ4n) is 7.77. The van der Waals surface area contributed by atoms with Crippen LogP contribution in [0.1, 0.15) is 87.7 Å². The second-order valence-corrected chi connectivity index (χ2v) is 17.8. The topological polar surface area (TPSA) is 200 Å². The standard InChI is InChI=1S/C40H51N7O9S/c1-23(2)55-34-20-33(28-15-16-32(54-5)24(3)35(28)42-34)56-26-19-31-37(49)43-40(39(51)45-57(52,53)27-13-14-27)21-25(40)11-9-7-6-8-10-12-30(38(50)47(31)22-26)41-36(48)29-17-18-46(4)44-29/h9,11,15-18,20,23,25-27,30-31H,6-8,10,12-14,19,21-22H2,1-5H3,(H,41,48)(H,43,49)(H,45,51)/b11-9-/t25-,26-,30+,31+,40-/m1/s1. The minimum atomic E-state index is -3.91. The van der Waals surface area contributed by atoms with Crippen molar-refractivity contribution in [3.8, 4) is 17.4 Å². The number of carbonyl (C=O) groups excluding carboxylic acids is 4. The molecule has 57 heavy (non-hydrogen) atoms. The Morgan fingerprint density at radius 3 is 2.56 bits per heavy atom. The van der Waals surface area contributed by atoms with E-state index in [-0.39, 0.29) is 31.2 Å². The molecule has 4 aliphatic rings. The molecule has 1 aromatic carbocycles. The highest BCUT2D eigenvalue weighted by Gasteiger charge is 2.62. The van der Waals surface area contributed by atoms with E-state index in [1.54, 1.807) is 32.5 Å². The second kappa shape index (κ2) is 16.0. The van der Waals surface area contributed by atoms with E-state index in [0.717, 1.165) is 18.4 Å². The number of ether oxygens (including phenoxy) is 3. The zero-order valence-electron chi connectivity index (χ0n) is 32.9. The highest BCUT2D eigenvalue weighted by atomic mass is 32.2. The van der Waals surface area contributed by atoms with Crippen molar-refractivity contribution in [2.45, 2.75) is 114 Å². The number of nitrogens with one attached hydrogen (secondary N) is 3. The van der Waals surface area contributed by atoms with E-state index in [0.29, 0.717) is 60.4 Å². The number of rotatable bonds is 10. The molecule has 4 heterocycles. The molecule has 0 bridgehead atoms. The van der Waals surface area contributed by atoms with Gasteiger partial charge in [-0.15, -0.1) is 0 Å². The molecule has 3 aromatic rings. The molecule has 1 saturated heterocycles. The van der Waals surface area contributed by atoms with Crippen molar-refractivity contribution < 1.29 is 41.8 Å². The number of pyridine rings is 1. The van der Waals surface area contributed by atoms with Crippen LogP contribution in [-0.2, 0) is 31.5 Å². The van der Waals surface area contributed by atoms with E-state index in [4.69, 9.17) is 19.2 Å². The number of nitrogens with zero attached hydrogens (tertiary/aromatic N) is 4. The van der Waals surface area contributed by atoms with Gasteiger partial charge in [0.15, 0.2) is 0 Å². The average molecular weight is 806 g/mol. The molecule has 3 fully saturated rings. The summed E-state index contributed by atoms with van der Waals surface area (Å²) >= 11 is 0. The lowest BCUT2D eigenvalue weighted by Crippen LogP contribution is -2.58. The van der Waals surface area contributed by atoms with Crippen molar-refractivity contribution in [1.82, 2.24) is 35.0 Å². The van der Waals surface area contributed by atoms with Crippen LogP contribution in [-0.4, -0.2) is 100 Å². The molecule has 17 heteroatoms. The lowest BCUT2D eigenvalue weighted by molar-refractivity contribution is -0.141. The molecule has 2 aliphatic carbocycles. The molecule has 7 rings (SSSR count). The monoisotopic (exact) mass is 805 g/mol. The van der Waals surface area contributed by atoms with Gasteiger partial charge in [-0.3, -0.25) is 28.6 Å². The first-order valence-electron chi connectivity index (χ1n) is 19.7. The summed E-state index contributed by atoms with van der Waals surface area (Å²) in [6.45, 7) is 5.63. The average Bonchev–Trinajstić information content (AvgIpc) is 4.05. The van der Waals surface area contributed by atoms with Gasteiger partial charge in [0, 0.05) is 42.6 Å². The molecular weight excluding hydrogens is 755 g/mol. The Hall–Kier alpha value is -5.19. The zero-order chi connectivity index (χ0) is 40.6. The summed E-state index contributed by atoms with van der Waals surface area (Å²) in [6.07, 6.45) is 8.89. The van der Waals surface area contributed by atoms with Crippen molar-refractivity contribution >= 4 is 44.6 Å². The highest BCUT2D eigenvalue weighted by Crippen LogP contribution is 2.46. The van der Waals surface area contributed by atoms with Crippen LogP contribution in [0.25, 0.3) is 10.9 Å². The van der Waals surface area contributed by atoms with Crippen LogP contribution in [0, 0.1) is 12.8 Å². The molecule has 306 valence electrons. The molecular formula is C40H51N7O9S. The normalized spacial score (nSPS) is 26.0. The number of carbonyl (C=O) groups is 4. The highest BCUT2D eigenvalue weighted by molar-refractivity contribution is 7.91. The van der Waals surface area contributed by atoms with Crippen LogP contribution in [0.2, 0.25) is 0 Å². The summed E-state index contributed by atoms with van der Waals surface area (Å²) in [5, 5.41) is 10.0. The van der Waals surface area contributed by atoms with Gasteiger partial charge in [-0.1, -0.05) is 25.0 Å².